The molecule has 1 radical (unpaired) electrons. The van der Waals surface area contributed by atoms with E-state index in [9.17, 15) is 0 Å². The van der Waals surface area contributed by atoms with Gasteiger partial charge in [0.2, 0.25) is 0 Å². The van der Waals surface area contributed by atoms with Gasteiger partial charge in [0.15, 0.2) is 0 Å². The molecule has 1 N–H and O–H groups in total. The minimum Gasteiger partial charge on any atom is -0.391 e. The summed E-state index contributed by atoms with van der Waals surface area (Å²) in [6.07, 6.45) is 0. The molecule has 0 aromatic carbocycles. The van der Waals surface area contributed by atoms with Crippen molar-refractivity contribution in [1.82, 2.24) is 0 Å². The SMILES string of the molecule is C[N+](C)(C)CCO.[Y]. The van der Waals surface area contributed by atoms with Crippen LogP contribution >= 0.6 is 0 Å². The third kappa shape index (κ3) is 10.1. The Morgan fingerprint density at radius 2 is 1.62 bits per heavy atom. The number of hydrogen-bond acceptors (Lipinski definition) is 1. The Hall–Kier alpha value is 1.02. The first-order valence-corrected chi connectivity index (χ1v) is 2.47. The van der Waals surface area contributed by atoms with Crippen LogP contribution in [-0.2, 0) is 32.7 Å². The van der Waals surface area contributed by atoms with Crippen LogP contribution in [0, 0.1) is 0 Å². The van der Waals surface area contributed by atoms with Gasteiger partial charge in [-0.2, -0.15) is 0 Å². The third-order valence-corrected chi connectivity index (χ3v) is 0.771. The molecule has 0 unspecified atom stereocenters. The van der Waals surface area contributed by atoms with Crippen LogP contribution in [0.2, 0.25) is 0 Å². The van der Waals surface area contributed by atoms with Gasteiger partial charge in [-0.3, -0.25) is 0 Å². The monoisotopic (exact) mass is 193 g/mol. The molecule has 8 heavy (non-hydrogen) atoms. The predicted octanol–water partition coefficient (Wildman–Crippen LogP) is -0.318. The molecule has 0 aromatic rings. The number of likely N-dealkylation sites (N-methyl/N-ethyl adjacent to an activating group) is 1. The van der Waals surface area contributed by atoms with E-state index in [-0.39, 0.29) is 39.3 Å². The zero-order valence-corrected chi connectivity index (χ0v) is 8.72. The summed E-state index contributed by atoms with van der Waals surface area (Å²) in [7, 11) is 6.16. The van der Waals surface area contributed by atoms with Crippen molar-refractivity contribution in [3.8, 4) is 0 Å². The van der Waals surface area contributed by atoms with Crippen LogP contribution in [0.15, 0.2) is 0 Å². The second-order valence-electron chi connectivity index (χ2n) is 2.74. The molecule has 0 spiro atoms. The molecule has 0 rings (SSSR count). The Morgan fingerprint density at radius 3 is 1.62 bits per heavy atom. The van der Waals surface area contributed by atoms with Gasteiger partial charge in [-0.15, -0.1) is 0 Å². The predicted molar refractivity (Wildman–Crippen MR) is 30.0 cm³/mol. The third-order valence-electron chi connectivity index (χ3n) is 0.771. The number of nitrogens with zero attached hydrogens (tertiary/aromatic N) is 1. The van der Waals surface area contributed by atoms with E-state index < -0.39 is 0 Å². The molecule has 0 aliphatic carbocycles. The van der Waals surface area contributed by atoms with Gasteiger partial charge in [0.25, 0.3) is 0 Å². The number of rotatable bonds is 2. The molecule has 2 nitrogen and oxygen atoms in total. The molecule has 0 heterocycles. The fourth-order valence-corrected chi connectivity index (χ4v) is 0.300. The molecule has 0 bridgehead atoms. The van der Waals surface area contributed by atoms with Crippen molar-refractivity contribution in [2.24, 2.45) is 0 Å². The van der Waals surface area contributed by atoms with Crippen molar-refractivity contribution < 1.29 is 42.3 Å². The number of aliphatic hydroxyl groups excluding tert-OH is 1. The van der Waals surface area contributed by atoms with Crippen molar-refractivity contribution in [3.05, 3.63) is 0 Å². The van der Waals surface area contributed by atoms with Crippen LogP contribution in [0.5, 0.6) is 0 Å². The first-order chi connectivity index (χ1) is 3.06. The van der Waals surface area contributed by atoms with Crippen LogP contribution in [-0.4, -0.2) is 43.9 Å². The van der Waals surface area contributed by atoms with E-state index in [0.717, 1.165) is 11.0 Å². The molecule has 0 amide bonds. The normalized spacial score (nSPS) is 10.5. The Kier molecular flexibility index (Phi) is 7.16. The number of aliphatic hydroxyl groups is 1. The van der Waals surface area contributed by atoms with Crippen molar-refractivity contribution in [2.45, 2.75) is 0 Å². The van der Waals surface area contributed by atoms with Gasteiger partial charge in [-0.05, 0) is 0 Å². The second-order valence-corrected chi connectivity index (χ2v) is 2.74. The largest absolute Gasteiger partial charge is 0.391 e. The van der Waals surface area contributed by atoms with E-state index in [2.05, 4.69) is 21.1 Å². The van der Waals surface area contributed by atoms with Crippen LogP contribution in [0.1, 0.15) is 0 Å². The van der Waals surface area contributed by atoms with E-state index in [0.29, 0.717) is 0 Å². The average Bonchev–Trinajstić information content (AvgIpc) is 1.30. The van der Waals surface area contributed by atoms with Crippen LogP contribution in [0.4, 0.5) is 0 Å². The molecule has 47 valence electrons. The summed E-state index contributed by atoms with van der Waals surface area (Å²) in [4.78, 5) is 0. The maximum atomic E-state index is 8.39. The minimum absolute atomic E-state index is 0. The van der Waals surface area contributed by atoms with E-state index in [1.54, 1.807) is 0 Å². The van der Waals surface area contributed by atoms with E-state index in [4.69, 9.17) is 5.11 Å². The molecule has 0 atom stereocenters. The molecule has 0 aliphatic rings. The van der Waals surface area contributed by atoms with Crippen LogP contribution in [0.25, 0.3) is 0 Å². The standard InChI is InChI=1S/C5H14NO.Y/c1-6(2,3)4-5-7;/h7H,4-5H2,1-3H3;/q+1;. The summed E-state index contributed by atoms with van der Waals surface area (Å²) in [5.74, 6) is 0. The maximum Gasteiger partial charge on any atom is 0.101 e. The van der Waals surface area contributed by atoms with Gasteiger partial charge in [0, 0.05) is 32.7 Å². The zero-order valence-electron chi connectivity index (χ0n) is 5.89. The zero-order chi connectivity index (χ0) is 5.91. The Morgan fingerprint density at radius 1 is 1.25 bits per heavy atom. The van der Waals surface area contributed by atoms with Gasteiger partial charge in [-0.1, -0.05) is 0 Å². The van der Waals surface area contributed by atoms with Gasteiger partial charge < -0.3 is 9.59 Å². The number of hydrogen-bond donors (Lipinski definition) is 1. The van der Waals surface area contributed by atoms with Crippen LogP contribution in [0.3, 0.4) is 0 Å². The topological polar surface area (TPSA) is 20.2 Å². The first-order valence-electron chi connectivity index (χ1n) is 2.47. The number of quaternary nitrogens is 1. The van der Waals surface area contributed by atoms with E-state index >= 15 is 0 Å². The molecular weight excluding hydrogens is 179 g/mol. The first kappa shape index (κ1) is 11.8. The summed E-state index contributed by atoms with van der Waals surface area (Å²) < 4.78 is 0.844. The van der Waals surface area contributed by atoms with Crippen LogP contribution < -0.4 is 0 Å². The summed E-state index contributed by atoms with van der Waals surface area (Å²) in [6, 6.07) is 0. The fourth-order valence-electron chi connectivity index (χ4n) is 0.300. The Bertz CT molecular complexity index is 50.9. The van der Waals surface area contributed by atoms with Gasteiger partial charge in [-0.25, -0.2) is 0 Å². The molecule has 0 saturated heterocycles. The van der Waals surface area contributed by atoms with E-state index in [1.807, 2.05) is 0 Å². The minimum atomic E-state index is 0. The summed E-state index contributed by atoms with van der Waals surface area (Å²) in [5.41, 5.74) is 0. The Labute approximate surface area is 76.3 Å². The van der Waals surface area contributed by atoms with Gasteiger partial charge in [0.05, 0.1) is 27.7 Å². The quantitative estimate of drug-likeness (QED) is 0.596. The van der Waals surface area contributed by atoms with Crippen molar-refractivity contribution in [2.75, 3.05) is 34.3 Å². The maximum absolute atomic E-state index is 8.39. The average molecular weight is 193 g/mol. The van der Waals surface area contributed by atoms with Crippen molar-refractivity contribution >= 4 is 0 Å². The summed E-state index contributed by atoms with van der Waals surface area (Å²) >= 11 is 0. The van der Waals surface area contributed by atoms with Gasteiger partial charge in [0.1, 0.15) is 6.54 Å². The molecule has 0 fully saturated rings. The van der Waals surface area contributed by atoms with Gasteiger partial charge >= 0.3 is 0 Å². The molecular formula is C5H14NOY+. The van der Waals surface area contributed by atoms with Crippen molar-refractivity contribution in [1.29, 1.82) is 0 Å². The molecule has 3 heteroatoms. The Balaban J connectivity index is 0. The summed E-state index contributed by atoms with van der Waals surface area (Å²) in [6.45, 7) is 1.11. The molecule has 0 aromatic heterocycles. The second kappa shape index (κ2) is 4.86. The van der Waals surface area contributed by atoms with Crippen molar-refractivity contribution in [3.63, 3.8) is 0 Å². The molecule has 0 saturated carbocycles. The molecule has 0 aliphatic heterocycles. The smallest absolute Gasteiger partial charge is 0.101 e. The van der Waals surface area contributed by atoms with E-state index in [1.165, 1.54) is 0 Å². The summed E-state index contributed by atoms with van der Waals surface area (Å²) in [5, 5.41) is 8.39. The fraction of sp³-hybridized carbons (Fsp3) is 1.00.